The fraction of sp³-hybridized carbons (Fsp3) is 0.286. The minimum atomic E-state index is -0.833. The molecular formula is C14H15ClN2O2S. The molecule has 1 aromatic heterocycles. The molecule has 0 radical (unpaired) electrons. The molecule has 20 heavy (non-hydrogen) atoms. The second-order valence-corrected chi connectivity index (χ2v) is 6.27. The molecule has 2 rings (SSSR count). The van der Waals surface area contributed by atoms with Crippen molar-refractivity contribution >= 4 is 28.9 Å². The van der Waals surface area contributed by atoms with E-state index in [-0.39, 0.29) is 6.54 Å². The van der Waals surface area contributed by atoms with Gasteiger partial charge < -0.3 is 5.11 Å². The molecule has 0 aliphatic carbocycles. The van der Waals surface area contributed by atoms with E-state index in [1.54, 1.807) is 17.5 Å². The summed E-state index contributed by atoms with van der Waals surface area (Å²) >= 11 is 7.44. The summed E-state index contributed by atoms with van der Waals surface area (Å²) in [5.41, 5.74) is 1.04. The van der Waals surface area contributed by atoms with Crippen LogP contribution in [0.4, 0.5) is 0 Å². The Bertz CT molecular complexity index is 583. The first-order valence-electron chi connectivity index (χ1n) is 6.13. The van der Waals surface area contributed by atoms with E-state index in [2.05, 4.69) is 4.98 Å². The van der Waals surface area contributed by atoms with Gasteiger partial charge in [0.2, 0.25) is 0 Å². The monoisotopic (exact) mass is 310 g/mol. The van der Waals surface area contributed by atoms with E-state index >= 15 is 0 Å². The van der Waals surface area contributed by atoms with Crippen LogP contribution in [0.15, 0.2) is 30.5 Å². The van der Waals surface area contributed by atoms with Crippen molar-refractivity contribution in [2.75, 3.05) is 6.54 Å². The van der Waals surface area contributed by atoms with Crippen molar-refractivity contribution in [3.63, 3.8) is 0 Å². The number of nitrogens with zero attached hydrogens (tertiary/aromatic N) is 2. The predicted molar refractivity (Wildman–Crippen MR) is 80.1 cm³/mol. The highest BCUT2D eigenvalue weighted by Gasteiger charge is 2.12. The van der Waals surface area contributed by atoms with Gasteiger partial charge in [0, 0.05) is 29.2 Å². The Morgan fingerprint density at radius 1 is 1.35 bits per heavy atom. The SMILES string of the molecule is Cc1ncc(CN(CC(=O)O)Cc2ccc(Cl)cc2)s1. The molecule has 0 atom stereocenters. The summed E-state index contributed by atoms with van der Waals surface area (Å²) in [4.78, 5) is 18.1. The van der Waals surface area contributed by atoms with Gasteiger partial charge in [-0.25, -0.2) is 4.98 Å². The number of aliphatic carboxylic acids is 1. The van der Waals surface area contributed by atoms with E-state index in [0.717, 1.165) is 15.4 Å². The smallest absolute Gasteiger partial charge is 0.317 e. The fourth-order valence-corrected chi connectivity index (χ4v) is 2.87. The van der Waals surface area contributed by atoms with Crippen LogP contribution < -0.4 is 0 Å². The van der Waals surface area contributed by atoms with Crippen LogP contribution in [0.5, 0.6) is 0 Å². The molecule has 0 spiro atoms. The molecule has 6 heteroatoms. The summed E-state index contributed by atoms with van der Waals surface area (Å²) in [5, 5.41) is 10.7. The van der Waals surface area contributed by atoms with Gasteiger partial charge in [0.25, 0.3) is 0 Å². The maximum atomic E-state index is 11.0. The van der Waals surface area contributed by atoms with Gasteiger partial charge in [-0.15, -0.1) is 11.3 Å². The Kier molecular flexibility index (Phi) is 5.11. The van der Waals surface area contributed by atoms with Crippen LogP contribution in [-0.4, -0.2) is 27.5 Å². The van der Waals surface area contributed by atoms with Crippen molar-refractivity contribution in [2.45, 2.75) is 20.0 Å². The Balaban J connectivity index is 2.06. The van der Waals surface area contributed by atoms with E-state index in [1.165, 1.54) is 0 Å². The zero-order valence-corrected chi connectivity index (χ0v) is 12.6. The molecule has 106 valence electrons. The zero-order chi connectivity index (χ0) is 14.5. The van der Waals surface area contributed by atoms with Gasteiger partial charge in [-0.2, -0.15) is 0 Å². The summed E-state index contributed by atoms with van der Waals surface area (Å²) in [7, 11) is 0. The third-order valence-corrected chi connectivity index (χ3v) is 3.88. The number of halogens is 1. The summed E-state index contributed by atoms with van der Waals surface area (Å²) in [6, 6.07) is 7.45. The Morgan fingerprint density at radius 2 is 2.05 bits per heavy atom. The summed E-state index contributed by atoms with van der Waals surface area (Å²) in [6.45, 7) is 3.09. The first-order chi connectivity index (χ1) is 9.52. The van der Waals surface area contributed by atoms with E-state index in [1.807, 2.05) is 36.1 Å². The number of carboxylic acid groups (broad SMARTS) is 1. The minimum Gasteiger partial charge on any atom is -0.480 e. The molecule has 4 nitrogen and oxygen atoms in total. The van der Waals surface area contributed by atoms with E-state index in [9.17, 15) is 4.79 Å². The average Bonchev–Trinajstić information content (AvgIpc) is 2.77. The van der Waals surface area contributed by atoms with Crippen LogP contribution in [0.2, 0.25) is 5.02 Å². The molecule has 0 aliphatic rings. The van der Waals surface area contributed by atoms with Gasteiger partial charge in [-0.05, 0) is 24.6 Å². The fourth-order valence-electron chi connectivity index (χ4n) is 1.91. The first kappa shape index (κ1) is 15.0. The van der Waals surface area contributed by atoms with Crippen molar-refractivity contribution in [1.82, 2.24) is 9.88 Å². The highest BCUT2D eigenvalue weighted by Crippen LogP contribution is 2.17. The molecule has 1 heterocycles. The quantitative estimate of drug-likeness (QED) is 0.890. The number of hydrogen-bond acceptors (Lipinski definition) is 4. The maximum Gasteiger partial charge on any atom is 0.317 e. The molecule has 2 aromatic rings. The molecule has 0 fully saturated rings. The molecule has 0 saturated carbocycles. The lowest BCUT2D eigenvalue weighted by atomic mass is 10.2. The van der Waals surface area contributed by atoms with Gasteiger partial charge in [-0.1, -0.05) is 23.7 Å². The lowest BCUT2D eigenvalue weighted by Crippen LogP contribution is -2.28. The normalized spacial score (nSPS) is 10.9. The maximum absolute atomic E-state index is 11.0. The van der Waals surface area contributed by atoms with Crippen molar-refractivity contribution in [2.24, 2.45) is 0 Å². The molecular weight excluding hydrogens is 296 g/mol. The minimum absolute atomic E-state index is 0.000423. The van der Waals surface area contributed by atoms with Crippen molar-refractivity contribution in [3.05, 3.63) is 50.9 Å². The number of rotatable bonds is 6. The number of carboxylic acids is 1. The number of aryl methyl sites for hydroxylation is 1. The van der Waals surface area contributed by atoms with E-state index in [0.29, 0.717) is 18.1 Å². The molecule has 1 aromatic carbocycles. The number of benzene rings is 1. The standard InChI is InChI=1S/C14H15ClN2O2S/c1-10-16-6-13(20-10)8-17(9-14(18)19)7-11-2-4-12(15)5-3-11/h2-6H,7-9H2,1H3,(H,18,19). The first-order valence-corrected chi connectivity index (χ1v) is 7.32. The number of thiazole rings is 1. The molecule has 0 unspecified atom stereocenters. The Labute approximate surface area is 126 Å². The Hall–Kier alpha value is -1.43. The summed E-state index contributed by atoms with van der Waals surface area (Å²) in [5.74, 6) is -0.833. The Morgan fingerprint density at radius 3 is 2.60 bits per heavy atom. The van der Waals surface area contributed by atoms with Crippen LogP contribution in [0.3, 0.4) is 0 Å². The number of hydrogen-bond donors (Lipinski definition) is 1. The third-order valence-electron chi connectivity index (χ3n) is 2.73. The van der Waals surface area contributed by atoms with Crippen LogP contribution >= 0.6 is 22.9 Å². The summed E-state index contributed by atoms with van der Waals surface area (Å²) < 4.78 is 0. The van der Waals surface area contributed by atoms with Crippen molar-refractivity contribution in [1.29, 1.82) is 0 Å². The van der Waals surface area contributed by atoms with Gasteiger partial charge in [0.1, 0.15) is 0 Å². The van der Waals surface area contributed by atoms with Crippen LogP contribution in [0, 0.1) is 6.92 Å². The second kappa shape index (κ2) is 6.83. The molecule has 0 saturated heterocycles. The number of aromatic nitrogens is 1. The highest BCUT2D eigenvalue weighted by molar-refractivity contribution is 7.11. The number of carbonyl (C=O) groups is 1. The summed E-state index contributed by atoms with van der Waals surface area (Å²) in [6.07, 6.45) is 1.80. The lowest BCUT2D eigenvalue weighted by Gasteiger charge is -2.19. The van der Waals surface area contributed by atoms with Gasteiger partial charge in [-0.3, -0.25) is 9.69 Å². The second-order valence-electron chi connectivity index (χ2n) is 4.51. The predicted octanol–water partition coefficient (Wildman–Crippen LogP) is 3.19. The van der Waals surface area contributed by atoms with Crippen LogP contribution in [-0.2, 0) is 17.9 Å². The van der Waals surface area contributed by atoms with Crippen molar-refractivity contribution < 1.29 is 9.90 Å². The molecule has 0 amide bonds. The zero-order valence-electron chi connectivity index (χ0n) is 11.0. The largest absolute Gasteiger partial charge is 0.480 e. The van der Waals surface area contributed by atoms with Gasteiger partial charge in [0.15, 0.2) is 0 Å². The van der Waals surface area contributed by atoms with E-state index < -0.39 is 5.97 Å². The third kappa shape index (κ3) is 4.59. The lowest BCUT2D eigenvalue weighted by molar-refractivity contribution is -0.138. The van der Waals surface area contributed by atoms with Gasteiger partial charge in [0.05, 0.1) is 11.6 Å². The van der Waals surface area contributed by atoms with Crippen LogP contribution in [0.1, 0.15) is 15.4 Å². The molecule has 1 N–H and O–H groups in total. The van der Waals surface area contributed by atoms with E-state index in [4.69, 9.17) is 16.7 Å². The van der Waals surface area contributed by atoms with Crippen LogP contribution in [0.25, 0.3) is 0 Å². The highest BCUT2D eigenvalue weighted by atomic mass is 35.5. The van der Waals surface area contributed by atoms with Crippen molar-refractivity contribution in [3.8, 4) is 0 Å². The molecule has 0 aliphatic heterocycles. The molecule has 0 bridgehead atoms. The topological polar surface area (TPSA) is 53.4 Å². The average molecular weight is 311 g/mol. The van der Waals surface area contributed by atoms with Gasteiger partial charge >= 0.3 is 5.97 Å².